The molecule has 3 rings (SSSR count). The highest BCUT2D eigenvalue weighted by molar-refractivity contribution is 5.57. The fourth-order valence-corrected chi connectivity index (χ4v) is 1.50. The van der Waals surface area contributed by atoms with Crippen LogP contribution in [0.15, 0.2) is 51.8 Å². The second kappa shape index (κ2) is 4.25. The third-order valence-corrected chi connectivity index (χ3v) is 2.36. The zero-order valence-corrected chi connectivity index (χ0v) is 9.20. The Kier molecular flexibility index (Phi) is 2.45. The highest BCUT2D eigenvalue weighted by Gasteiger charge is 2.11. The predicted octanol–water partition coefficient (Wildman–Crippen LogP) is 1.49. The SMILES string of the molecule is O=c1ccc(-c2nc(-c3ccccc3)no2)n[nH]1. The number of rotatable bonds is 2. The van der Waals surface area contributed by atoms with Crippen molar-refractivity contribution in [1.82, 2.24) is 20.3 Å². The molecule has 2 heterocycles. The maximum absolute atomic E-state index is 10.9. The maximum Gasteiger partial charge on any atom is 0.278 e. The number of aromatic nitrogens is 4. The second-order valence-electron chi connectivity index (χ2n) is 3.60. The summed E-state index contributed by atoms with van der Waals surface area (Å²) in [7, 11) is 0. The van der Waals surface area contributed by atoms with E-state index in [9.17, 15) is 4.79 Å². The van der Waals surface area contributed by atoms with Crippen molar-refractivity contribution in [2.75, 3.05) is 0 Å². The van der Waals surface area contributed by atoms with Gasteiger partial charge in [0.25, 0.3) is 11.4 Å². The summed E-state index contributed by atoms with van der Waals surface area (Å²) in [4.78, 5) is 15.1. The molecule has 0 atom stereocenters. The number of nitrogens with one attached hydrogen (secondary N) is 1. The summed E-state index contributed by atoms with van der Waals surface area (Å²) in [6, 6.07) is 12.3. The number of aromatic amines is 1. The Morgan fingerprint density at radius 1 is 1.06 bits per heavy atom. The topological polar surface area (TPSA) is 84.7 Å². The predicted molar refractivity (Wildman–Crippen MR) is 63.6 cm³/mol. The van der Waals surface area contributed by atoms with Gasteiger partial charge in [-0.15, -0.1) is 0 Å². The molecule has 6 heteroatoms. The van der Waals surface area contributed by atoms with Crippen molar-refractivity contribution in [3.63, 3.8) is 0 Å². The first-order valence-electron chi connectivity index (χ1n) is 5.28. The van der Waals surface area contributed by atoms with Gasteiger partial charge in [0.2, 0.25) is 5.82 Å². The summed E-state index contributed by atoms with van der Waals surface area (Å²) in [5.74, 6) is 0.753. The van der Waals surface area contributed by atoms with E-state index in [0.717, 1.165) is 5.56 Å². The molecular weight excluding hydrogens is 232 g/mol. The Hall–Kier alpha value is -2.76. The molecule has 88 valence electrons. The molecular formula is C12H8N4O2. The molecule has 0 unspecified atom stereocenters. The number of hydrogen-bond donors (Lipinski definition) is 1. The van der Waals surface area contributed by atoms with Crippen molar-refractivity contribution in [1.29, 1.82) is 0 Å². The van der Waals surface area contributed by atoms with Gasteiger partial charge in [-0.25, -0.2) is 5.10 Å². The van der Waals surface area contributed by atoms with Crippen LogP contribution in [0.3, 0.4) is 0 Å². The van der Waals surface area contributed by atoms with Crippen LogP contribution in [0.4, 0.5) is 0 Å². The van der Waals surface area contributed by atoms with Crippen LogP contribution in [0, 0.1) is 0 Å². The molecule has 0 aliphatic carbocycles. The summed E-state index contributed by atoms with van der Waals surface area (Å²) in [6.07, 6.45) is 0. The van der Waals surface area contributed by atoms with Gasteiger partial charge in [0.15, 0.2) is 0 Å². The Morgan fingerprint density at radius 3 is 2.61 bits per heavy atom. The minimum atomic E-state index is -0.276. The zero-order chi connectivity index (χ0) is 12.4. The molecule has 0 aliphatic heterocycles. The van der Waals surface area contributed by atoms with E-state index in [0.29, 0.717) is 11.5 Å². The van der Waals surface area contributed by atoms with E-state index < -0.39 is 0 Å². The number of hydrogen-bond acceptors (Lipinski definition) is 5. The summed E-state index contributed by atoms with van der Waals surface area (Å²) in [5, 5.41) is 10.0. The first-order valence-corrected chi connectivity index (χ1v) is 5.28. The van der Waals surface area contributed by atoms with Crippen LogP contribution in [0.1, 0.15) is 0 Å². The Balaban J connectivity index is 1.99. The van der Waals surface area contributed by atoms with Gasteiger partial charge in [0.05, 0.1) is 0 Å². The quantitative estimate of drug-likeness (QED) is 0.733. The molecule has 0 bridgehead atoms. The van der Waals surface area contributed by atoms with Crippen molar-refractivity contribution >= 4 is 0 Å². The monoisotopic (exact) mass is 240 g/mol. The van der Waals surface area contributed by atoms with E-state index >= 15 is 0 Å². The molecule has 18 heavy (non-hydrogen) atoms. The minimum absolute atomic E-state index is 0.269. The van der Waals surface area contributed by atoms with Crippen LogP contribution < -0.4 is 5.56 Å². The van der Waals surface area contributed by atoms with E-state index in [1.165, 1.54) is 12.1 Å². The van der Waals surface area contributed by atoms with E-state index in [1.807, 2.05) is 30.3 Å². The molecule has 0 saturated carbocycles. The van der Waals surface area contributed by atoms with E-state index in [-0.39, 0.29) is 11.4 Å². The number of nitrogens with zero attached hydrogens (tertiary/aromatic N) is 3. The van der Waals surface area contributed by atoms with Gasteiger partial charge in [0, 0.05) is 11.6 Å². The van der Waals surface area contributed by atoms with Gasteiger partial charge in [-0.1, -0.05) is 35.5 Å². The second-order valence-corrected chi connectivity index (χ2v) is 3.60. The third-order valence-electron chi connectivity index (χ3n) is 2.36. The summed E-state index contributed by atoms with van der Waals surface area (Å²) >= 11 is 0. The van der Waals surface area contributed by atoms with E-state index in [2.05, 4.69) is 20.3 Å². The van der Waals surface area contributed by atoms with Gasteiger partial charge in [-0.2, -0.15) is 10.1 Å². The van der Waals surface area contributed by atoms with Crippen LogP contribution >= 0.6 is 0 Å². The lowest BCUT2D eigenvalue weighted by Crippen LogP contribution is -2.05. The van der Waals surface area contributed by atoms with Crippen LogP contribution in [-0.2, 0) is 0 Å². The van der Waals surface area contributed by atoms with Crippen LogP contribution in [0.25, 0.3) is 23.0 Å². The lowest BCUT2D eigenvalue weighted by molar-refractivity contribution is 0.430. The summed E-state index contributed by atoms with van der Waals surface area (Å²) < 4.78 is 5.10. The molecule has 6 nitrogen and oxygen atoms in total. The van der Waals surface area contributed by atoms with Gasteiger partial charge in [-0.05, 0) is 6.07 Å². The molecule has 0 saturated heterocycles. The van der Waals surface area contributed by atoms with Crippen molar-refractivity contribution in [2.45, 2.75) is 0 Å². The molecule has 0 spiro atoms. The van der Waals surface area contributed by atoms with Gasteiger partial charge in [0.1, 0.15) is 5.69 Å². The first kappa shape index (κ1) is 10.4. The molecule has 0 aliphatic rings. The van der Waals surface area contributed by atoms with Crippen molar-refractivity contribution in [3.05, 3.63) is 52.8 Å². The smallest absolute Gasteiger partial charge is 0.278 e. The average Bonchev–Trinajstić information content (AvgIpc) is 2.90. The molecule has 0 fully saturated rings. The van der Waals surface area contributed by atoms with Crippen molar-refractivity contribution < 1.29 is 4.52 Å². The summed E-state index contributed by atoms with van der Waals surface area (Å²) in [5.41, 5.74) is 1.02. The molecule has 3 aromatic rings. The Labute approximate surface area is 101 Å². The fraction of sp³-hybridized carbons (Fsp3) is 0. The van der Waals surface area contributed by atoms with Crippen LogP contribution in [0.2, 0.25) is 0 Å². The average molecular weight is 240 g/mol. The van der Waals surface area contributed by atoms with Crippen LogP contribution in [-0.4, -0.2) is 20.3 Å². The minimum Gasteiger partial charge on any atom is -0.332 e. The van der Waals surface area contributed by atoms with E-state index in [4.69, 9.17) is 4.52 Å². The number of H-pyrrole nitrogens is 1. The standard InChI is InChI=1S/C12H8N4O2/c17-10-7-6-9(14-15-10)12-13-11(16-18-12)8-4-2-1-3-5-8/h1-7H,(H,15,17). The molecule has 1 aromatic carbocycles. The fourth-order valence-electron chi connectivity index (χ4n) is 1.50. The van der Waals surface area contributed by atoms with E-state index in [1.54, 1.807) is 0 Å². The Morgan fingerprint density at radius 2 is 1.89 bits per heavy atom. The van der Waals surface area contributed by atoms with Gasteiger partial charge >= 0.3 is 0 Å². The highest BCUT2D eigenvalue weighted by Crippen LogP contribution is 2.19. The molecule has 2 aromatic heterocycles. The first-order chi connectivity index (χ1) is 8.83. The van der Waals surface area contributed by atoms with Gasteiger partial charge < -0.3 is 4.52 Å². The highest BCUT2D eigenvalue weighted by atomic mass is 16.5. The zero-order valence-electron chi connectivity index (χ0n) is 9.20. The normalized spacial score (nSPS) is 10.4. The van der Waals surface area contributed by atoms with Crippen molar-refractivity contribution in [2.24, 2.45) is 0 Å². The summed E-state index contributed by atoms with van der Waals surface area (Å²) in [6.45, 7) is 0. The molecule has 1 N–H and O–H groups in total. The largest absolute Gasteiger partial charge is 0.332 e. The third kappa shape index (κ3) is 1.91. The lowest BCUT2D eigenvalue weighted by atomic mass is 10.2. The molecule has 0 radical (unpaired) electrons. The van der Waals surface area contributed by atoms with Gasteiger partial charge in [-0.3, -0.25) is 4.79 Å². The lowest BCUT2D eigenvalue weighted by Gasteiger charge is -1.91. The molecule has 0 amide bonds. The number of benzene rings is 1. The Bertz CT molecular complexity index is 698. The van der Waals surface area contributed by atoms with Crippen LogP contribution in [0.5, 0.6) is 0 Å². The van der Waals surface area contributed by atoms with Crippen molar-refractivity contribution in [3.8, 4) is 23.0 Å². The maximum atomic E-state index is 10.9.